The van der Waals surface area contributed by atoms with Crippen LogP contribution in [0.5, 0.6) is 0 Å². The van der Waals surface area contributed by atoms with Gasteiger partial charge in [0.15, 0.2) is 0 Å². The van der Waals surface area contributed by atoms with Crippen molar-refractivity contribution < 1.29 is 8.78 Å². The van der Waals surface area contributed by atoms with Gasteiger partial charge < -0.3 is 0 Å². The molecule has 5 aromatic carbocycles. The number of pyridine rings is 1. The van der Waals surface area contributed by atoms with E-state index in [1.807, 2.05) is 24.3 Å². The van der Waals surface area contributed by atoms with Crippen molar-refractivity contribution in [2.24, 2.45) is 0 Å². The highest BCUT2D eigenvalue weighted by atomic mass is 19.3. The molecule has 0 atom stereocenters. The monoisotopic (exact) mass is 459 g/mol. The van der Waals surface area contributed by atoms with Gasteiger partial charge in [-0.1, -0.05) is 66.7 Å². The smallest absolute Gasteiger partial charge is 0.256 e. The molecule has 0 aliphatic carbocycles. The highest BCUT2D eigenvalue weighted by Gasteiger charge is 2.16. The van der Waals surface area contributed by atoms with Crippen LogP contribution in [0.15, 0.2) is 97.2 Å². The molecule has 0 radical (unpaired) electrons. The predicted molar refractivity (Wildman–Crippen MR) is 142 cm³/mol. The Bertz CT molecular complexity index is 1730. The minimum absolute atomic E-state index is 0.0379. The van der Waals surface area contributed by atoms with Crippen LogP contribution in [-0.2, 0) is 0 Å². The first-order valence-electron chi connectivity index (χ1n) is 11.7. The van der Waals surface area contributed by atoms with Crippen LogP contribution in [0.4, 0.5) is 8.78 Å². The number of hydrogen-bond acceptors (Lipinski definition) is 1. The lowest BCUT2D eigenvalue weighted by molar-refractivity contribution is 0.153. The summed E-state index contributed by atoms with van der Waals surface area (Å²) in [6.07, 6.45) is -0.785. The van der Waals surface area contributed by atoms with Crippen LogP contribution in [0, 0.1) is 13.8 Å². The Morgan fingerprint density at radius 2 is 1.31 bits per heavy atom. The number of alkyl halides is 2. The minimum atomic E-state index is -2.56. The first-order chi connectivity index (χ1) is 17.0. The molecule has 1 aromatic heterocycles. The second-order valence-corrected chi connectivity index (χ2v) is 9.11. The summed E-state index contributed by atoms with van der Waals surface area (Å²) in [5, 5.41) is 5.65. The number of nitrogens with zero attached hydrogens (tertiary/aromatic N) is 1. The number of hydrogen-bond donors (Lipinski definition) is 0. The van der Waals surface area contributed by atoms with Crippen molar-refractivity contribution in [2.45, 2.75) is 20.3 Å². The summed E-state index contributed by atoms with van der Waals surface area (Å²) in [4.78, 5) is 4.63. The average Bonchev–Trinajstić information content (AvgIpc) is 2.87. The lowest BCUT2D eigenvalue weighted by atomic mass is 9.92. The highest BCUT2D eigenvalue weighted by molar-refractivity contribution is 6.12. The van der Waals surface area contributed by atoms with E-state index < -0.39 is 6.43 Å². The quantitative estimate of drug-likeness (QED) is 0.240. The maximum Gasteiger partial charge on any atom is 0.264 e. The summed E-state index contributed by atoms with van der Waals surface area (Å²) in [5.74, 6) is 0. The fourth-order valence-corrected chi connectivity index (χ4v) is 5.31. The van der Waals surface area contributed by atoms with Gasteiger partial charge in [0.1, 0.15) is 0 Å². The third-order valence-corrected chi connectivity index (χ3v) is 6.93. The zero-order valence-electron chi connectivity index (χ0n) is 19.5. The Balaban J connectivity index is 1.56. The van der Waals surface area contributed by atoms with Gasteiger partial charge in [-0.2, -0.15) is 0 Å². The van der Waals surface area contributed by atoms with E-state index in [2.05, 4.69) is 67.4 Å². The van der Waals surface area contributed by atoms with Gasteiger partial charge in [0.05, 0.1) is 5.69 Å². The molecule has 6 aromatic rings. The van der Waals surface area contributed by atoms with Crippen molar-refractivity contribution in [1.29, 1.82) is 0 Å². The second-order valence-electron chi connectivity index (χ2n) is 9.11. The zero-order valence-corrected chi connectivity index (χ0v) is 19.5. The molecular weight excluding hydrogens is 436 g/mol. The molecule has 0 saturated carbocycles. The van der Waals surface area contributed by atoms with Gasteiger partial charge >= 0.3 is 0 Å². The van der Waals surface area contributed by atoms with E-state index in [0.29, 0.717) is 10.9 Å². The third-order valence-electron chi connectivity index (χ3n) is 6.93. The van der Waals surface area contributed by atoms with Gasteiger partial charge in [0.25, 0.3) is 6.43 Å². The van der Waals surface area contributed by atoms with Crippen molar-refractivity contribution in [3.05, 3.63) is 114 Å². The van der Waals surface area contributed by atoms with Crippen molar-refractivity contribution in [3.63, 3.8) is 0 Å². The second kappa shape index (κ2) is 8.28. The first kappa shape index (κ1) is 21.4. The largest absolute Gasteiger partial charge is 0.264 e. The Kier molecular flexibility index (Phi) is 5.07. The topological polar surface area (TPSA) is 12.9 Å². The predicted octanol–water partition coefficient (Wildman–Crippen LogP) is 9.43. The van der Waals surface area contributed by atoms with Gasteiger partial charge in [0.2, 0.25) is 0 Å². The maximum absolute atomic E-state index is 13.9. The van der Waals surface area contributed by atoms with Crippen LogP contribution >= 0.6 is 0 Å². The zero-order chi connectivity index (χ0) is 24.1. The van der Waals surface area contributed by atoms with Crippen LogP contribution in [0.2, 0.25) is 0 Å². The summed E-state index contributed by atoms with van der Waals surface area (Å²) in [5.41, 5.74) is 6.42. The fraction of sp³-hybridized carbons (Fsp3) is 0.0938. The van der Waals surface area contributed by atoms with Crippen molar-refractivity contribution >= 4 is 32.3 Å². The van der Waals surface area contributed by atoms with Crippen LogP contribution in [-0.4, -0.2) is 4.98 Å². The number of benzene rings is 5. The average molecular weight is 460 g/mol. The molecule has 1 heterocycles. The Morgan fingerprint density at radius 3 is 2.11 bits per heavy atom. The van der Waals surface area contributed by atoms with Crippen molar-refractivity contribution in [1.82, 2.24) is 4.98 Å². The van der Waals surface area contributed by atoms with E-state index in [4.69, 9.17) is 0 Å². The first-order valence-corrected chi connectivity index (χ1v) is 11.7. The van der Waals surface area contributed by atoms with E-state index in [-0.39, 0.29) is 5.56 Å². The number of aromatic nitrogens is 1. The van der Waals surface area contributed by atoms with E-state index in [0.717, 1.165) is 32.6 Å². The molecule has 1 nitrogen and oxygen atoms in total. The molecule has 0 spiro atoms. The van der Waals surface area contributed by atoms with Gasteiger partial charge in [-0.15, -0.1) is 0 Å². The molecule has 0 aliphatic heterocycles. The Labute approximate surface area is 202 Å². The van der Waals surface area contributed by atoms with Gasteiger partial charge in [-0.25, -0.2) is 8.78 Å². The normalized spacial score (nSPS) is 11.7. The molecular formula is C32H23F2N. The Hall–Kier alpha value is -4.11. The molecule has 0 aliphatic rings. The molecule has 0 N–H and O–H groups in total. The standard InChI is InChI=1S/C32H23F2N/c1-19-6-5-7-20(2)30(19)23-11-12-26-22(16-23)10-13-28-27(26)14-15-35-31(28)24-17-21-8-3-4-9-25(21)29(18-24)32(33)34/h3-18,32H,1-2H3. The third kappa shape index (κ3) is 3.55. The van der Waals surface area contributed by atoms with E-state index in [9.17, 15) is 8.78 Å². The number of rotatable bonds is 3. The van der Waals surface area contributed by atoms with Gasteiger partial charge in [-0.05, 0) is 87.3 Å². The molecule has 0 amide bonds. The molecule has 170 valence electrons. The van der Waals surface area contributed by atoms with Crippen LogP contribution in [0.25, 0.3) is 54.7 Å². The summed E-state index contributed by atoms with van der Waals surface area (Å²) in [6, 6.07) is 29.9. The molecule has 0 fully saturated rings. The SMILES string of the molecule is Cc1cccc(C)c1-c1ccc2c(ccc3c(-c4cc(C(F)F)c5ccccc5c4)nccc32)c1. The molecule has 0 saturated heterocycles. The summed E-state index contributed by atoms with van der Waals surface area (Å²) >= 11 is 0. The molecule has 0 bridgehead atoms. The van der Waals surface area contributed by atoms with E-state index in [1.165, 1.54) is 22.3 Å². The molecule has 6 rings (SSSR count). The molecule has 35 heavy (non-hydrogen) atoms. The lowest BCUT2D eigenvalue weighted by Crippen LogP contribution is -1.92. The lowest BCUT2D eigenvalue weighted by Gasteiger charge is -2.14. The van der Waals surface area contributed by atoms with Gasteiger partial charge in [0, 0.05) is 22.7 Å². The highest BCUT2D eigenvalue weighted by Crippen LogP contribution is 2.38. The number of aryl methyl sites for hydroxylation is 2. The number of halogens is 2. The summed E-state index contributed by atoms with van der Waals surface area (Å²) < 4.78 is 27.9. The summed E-state index contributed by atoms with van der Waals surface area (Å²) in [6.45, 7) is 4.28. The van der Waals surface area contributed by atoms with E-state index in [1.54, 1.807) is 24.4 Å². The number of fused-ring (bicyclic) bond motifs is 4. The summed E-state index contributed by atoms with van der Waals surface area (Å²) in [7, 11) is 0. The Morgan fingerprint density at radius 1 is 0.600 bits per heavy atom. The molecule has 0 unspecified atom stereocenters. The fourth-order valence-electron chi connectivity index (χ4n) is 5.31. The maximum atomic E-state index is 13.9. The van der Waals surface area contributed by atoms with Crippen LogP contribution in [0.3, 0.4) is 0 Å². The molecule has 3 heteroatoms. The van der Waals surface area contributed by atoms with E-state index >= 15 is 0 Å². The minimum Gasteiger partial charge on any atom is -0.256 e. The van der Waals surface area contributed by atoms with Crippen molar-refractivity contribution in [3.8, 4) is 22.4 Å². The van der Waals surface area contributed by atoms with Crippen LogP contribution < -0.4 is 0 Å². The van der Waals surface area contributed by atoms with Gasteiger partial charge in [-0.3, -0.25) is 4.98 Å². The van der Waals surface area contributed by atoms with Crippen molar-refractivity contribution in [2.75, 3.05) is 0 Å². The van der Waals surface area contributed by atoms with Crippen LogP contribution in [0.1, 0.15) is 23.1 Å².